The van der Waals surface area contributed by atoms with Gasteiger partial charge in [0, 0.05) is 18.3 Å². The molecule has 0 bridgehead atoms. The number of nitrogens with one attached hydrogen (secondary N) is 2. The number of H-pyrrole nitrogens is 1. The molecule has 8 heteroatoms. The molecule has 8 nitrogen and oxygen atoms in total. The van der Waals surface area contributed by atoms with Gasteiger partial charge in [-0.1, -0.05) is 0 Å². The fourth-order valence-electron chi connectivity index (χ4n) is 1.66. The molecule has 0 saturated carbocycles. The second-order valence-electron chi connectivity index (χ2n) is 3.86. The molecule has 19 heavy (non-hydrogen) atoms. The number of rotatable bonds is 4. The van der Waals surface area contributed by atoms with Gasteiger partial charge in [0.25, 0.3) is 11.7 Å². The van der Waals surface area contributed by atoms with Crippen molar-refractivity contribution in [3.05, 3.63) is 46.3 Å². The van der Waals surface area contributed by atoms with E-state index in [0.29, 0.717) is 23.7 Å². The fraction of sp³-hybridized carbons (Fsp3) is 0.0909. The first-order valence-corrected chi connectivity index (χ1v) is 5.49. The van der Waals surface area contributed by atoms with Crippen molar-refractivity contribution in [2.75, 3.05) is 5.32 Å². The lowest BCUT2D eigenvalue weighted by atomic mass is 10.3. The first-order chi connectivity index (χ1) is 9.22. The van der Waals surface area contributed by atoms with Crippen molar-refractivity contribution in [2.24, 2.45) is 0 Å². The zero-order valence-electron chi connectivity index (χ0n) is 9.66. The van der Waals surface area contributed by atoms with Crippen LogP contribution < -0.4 is 5.32 Å². The van der Waals surface area contributed by atoms with Gasteiger partial charge in [0.05, 0.1) is 17.2 Å². The predicted molar refractivity (Wildman–Crippen MR) is 66.6 cm³/mol. The number of anilines is 1. The highest BCUT2D eigenvalue weighted by atomic mass is 16.6. The Morgan fingerprint density at radius 1 is 1.42 bits per heavy atom. The van der Waals surface area contributed by atoms with Gasteiger partial charge in [0.1, 0.15) is 5.52 Å². The number of nitro benzene ring substituents is 1. The largest absolute Gasteiger partial charge is 0.424 e. The van der Waals surface area contributed by atoms with E-state index < -0.39 is 4.92 Å². The number of nitro groups is 1. The fourth-order valence-corrected chi connectivity index (χ4v) is 1.66. The van der Waals surface area contributed by atoms with Crippen LogP contribution in [-0.4, -0.2) is 20.1 Å². The third-order valence-corrected chi connectivity index (χ3v) is 2.57. The first-order valence-electron chi connectivity index (χ1n) is 5.49. The summed E-state index contributed by atoms with van der Waals surface area (Å²) in [4.78, 5) is 14.3. The molecule has 2 aromatic heterocycles. The maximum Gasteiger partial charge on any atom is 0.296 e. The SMILES string of the molecule is O=[N+]([O-])c1ccc2oc(NCc3ccn[nH]3)nc2c1. The zero-order valence-corrected chi connectivity index (χ0v) is 9.66. The van der Waals surface area contributed by atoms with E-state index in [1.807, 2.05) is 6.07 Å². The molecular formula is C11H9N5O3. The molecular weight excluding hydrogens is 250 g/mol. The summed E-state index contributed by atoms with van der Waals surface area (Å²) in [6.07, 6.45) is 1.65. The highest BCUT2D eigenvalue weighted by molar-refractivity contribution is 5.77. The Bertz CT molecular complexity index is 719. The highest BCUT2D eigenvalue weighted by Crippen LogP contribution is 2.23. The molecule has 0 aliphatic carbocycles. The van der Waals surface area contributed by atoms with Crippen molar-refractivity contribution in [2.45, 2.75) is 6.54 Å². The number of fused-ring (bicyclic) bond motifs is 1. The number of benzene rings is 1. The molecule has 0 aliphatic heterocycles. The van der Waals surface area contributed by atoms with E-state index in [1.54, 1.807) is 6.20 Å². The van der Waals surface area contributed by atoms with E-state index in [4.69, 9.17) is 4.42 Å². The van der Waals surface area contributed by atoms with Crippen LogP contribution in [0.4, 0.5) is 11.7 Å². The Labute approximate surface area is 106 Å². The minimum Gasteiger partial charge on any atom is -0.424 e. The van der Waals surface area contributed by atoms with Crippen molar-refractivity contribution in [3.63, 3.8) is 0 Å². The average molecular weight is 259 g/mol. The second kappa shape index (κ2) is 4.41. The Morgan fingerprint density at radius 3 is 3.05 bits per heavy atom. The van der Waals surface area contributed by atoms with Crippen LogP contribution in [0.5, 0.6) is 0 Å². The number of aromatic amines is 1. The van der Waals surface area contributed by atoms with Crippen molar-refractivity contribution >= 4 is 22.8 Å². The van der Waals surface area contributed by atoms with Crippen LogP contribution in [0.1, 0.15) is 5.69 Å². The highest BCUT2D eigenvalue weighted by Gasteiger charge is 2.11. The van der Waals surface area contributed by atoms with Crippen LogP contribution in [-0.2, 0) is 6.54 Å². The third-order valence-electron chi connectivity index (χ3n) is 2.57. The van der Waals surface area contributed by atoms with Gasteiger partial charge >= 0.3 is 0 Å². The summed E-state index contributed by atoms with van der Waals surface area (Å²) in [7, 11) is 0. The maximum atomic E-state index is 10.7. The van der Waals surface area contributed by atoms with Gasteiger partial charge in [-0.25, -0.2) is 0 Å². The lowest BCUT2D eigenvalue weighted by Crippen LogP contribution is -1.99. The van der Waals surface area contributed by atoms with Crippen LogP contribution in [0.25, 0.3) is 11.1 Å². The number of hydrogen-bond acceptors (Lipinski definition) is 6. The van der Waals surface area contributed by atoms with Gasteiger partial charge in [-0.3, -0.25) is 15.2 Å². The van der Waals surface area contributed by atoms with E-state index >= 15 is 0 Å². The van der Waals surface area contributed by atoms with E-state index in [1.165, 1.54) is 18.2 Å². The van der Waals surface area contributed by atoms with Gasteiger partial charge < -0.3 is 9.73 Å². The molecule has 3 rings (SSSR count). The van der Waals surface area contributed by atoms with Gasteiger partial charge in [0.15, 0.2) is 5.58 Å². The van der Waals surface area contributed by atoms with Crippen LogP contribution in [0.2, 0.25) is 0 Å². The average Bonchev–Trinajstić information content (AvgIpc) is 3.04. The number of oxazole rings is 1. The van der Waals surface area contributed by atoms with Crippen molar-refractivity contribution in [1.82, 2.24) is 15.2 Å². The topological polar surface area (TPSA) is 110 Å². The van der Waals surface area contributed by atoms with Crippen molar-refractivity contribution in [1.29, 1.82) is 0 Å². The molecule has 2 heterocycles. The van der Waals surface area contributed by atoms with Gasteiger partial charge in [-0.05, 0) is 12.1 Å². The monoisotopic (exact) mass is 259 g/mol. The molecule has 0 unspecified atom stereocenters. The molecule has 1 aromatic carbocycles. The number of hydrogen-bond donors (Lipinski definition) is 2. The summed E-state index contributed by atoms with van der Waals surface area (Å²) in [5, 5.41) is 20.2. The van der Waals surface area contributed by atoms with Gasteiger partial charge in [-0.15, -0.1) is 0 Å². The summed E-state index contributed by atoms with van der Waals surface area (Å²) in [5.41, 5.74) is 1.81. The first kappa shape index (κ1) is 11.2. The lowest BCUT2D eigenvalue weighted by molar-refractivity contribution is -0.384. The van der Waals surface area contributed by atoms with Crippen molar-refractivity contribution < 1.29 is 9.34 Å². The lowest BCUT2D eigenvalue weighted by Gasteiger charge is -1.96. The van der Waals surface area contributed by atoms with Crippen LogP contribution >= 0.6 is 0 Å². The van der Waals surface area contributed by atoms with Crippen LogP contribution in [0.15, 0.2) is 34.9 Å². The Morgan fingerprint density at radius 2 is 2.32 bits per heavy atom. The molecule has 0 fully saturated rings. The smallest absolute Gasteiger partial charge is 0.296 e. The summed E-state index contributed by atoms with van der Waals surface area (Å²) < 4.78 is 5.42. The molecule has 0 aliphatic rings. The summed E-state index contributed by atoms with van der Waals surface area (Å²) in [5.74, 6) is 0. The Kier molecular flexibility index (Phi) is 2.60. The quantitative estimate of drug-likeness (QED) is 0.548. The molecule has 96 valence electrons. The number of aromatic nitrogens is 3. The molecule has 0 spiro atoms. The molecule has 0 atom stereocenters. The Hall–Kier alpha value is -2.90. The second-order valence-corrected chi connectivity index (χ2v) is 3.86. The maximum absolute atomic E-state index is 10.7. The summed E-state index contributed by atoms with van der Waals surface area (Å²) in [6, 6.07) is 6.42. The Balaban J connectivity index is 1.83. The molecule has 2 N–H and O–H groups in total. The number of non-ortho nitro benzene ring substituents is 1. The van der Waals surface area contributed by atoms with Crippen LogP contribution in [0, 0.1) is 10.1 Å². The van der Waals surface area contributed by atoms with E-state index in [0.717, 1.165) is 5.69 Å². The minimum absolute atomic E-state index is 0.0130. The standard InChI is InChI=1S/C11H9N5O3/c17-16(18)8-1-2-10-9(5-8)14-11(19-10)12-6-7-3-4-13-15-7/h1-5H,6H2,(H,12,14)(H,13,15). The molecule has 0 saturated heterocycles. The van der Waals surface area contributed by atoms with Gasteiger partial charge in [-0.2, -0.15) is 10.1 Å². The third kappa shape index (κ3) is 2.23. The summed E-state index contributed by atoms with van der Waals surface area (Å²) >= 11 is 0. The number of nitrogens with zero attached hydrogens (tertiary/aromatic N) is 3. The molecule has 0 amide bonds. The van der Waals surface area contributed by atoms with Crippen LogP contribution in [0.3, 0.4) is 0 Å². The summed E-state index contributed by atoms with van der Waals surface area (Å²) in [6.45, 7) is 0.481. The minimum atomic E-state index is -0.466. The van der Waals surface area contributed by atoms with E-state index in [2.05, 4.69) is 20.5 Å². The van der Waals surface area contributed by atoms with Crippen molar-refractivity contribution in [3.8, 4) is 0 Å². The zero-order chi connectivity index (χ0) is 13.2. The molecule has 0 radical (unpaired) electrons. The van der Waals surface area contributed by atoms with E-state index in [9.17, 15) is 10.1 Å². The molecule has 3 aromatic rings. The normalized spacial score (nSPS) is 10.7. The van der Waals surface area contributed by atoms with Gasteiger partial charge in [0.2, 0.25) is 0 Å². The van der Waals surface area contributed by atoms with E-state index in [-0.39, 0.29) is 5.69 Å². The predicted octanol–water partition coefficient (Wildman–Crippen LogP) is 2.07.